The Hall–Kier alpha value is -0.850. The van der Waals surface area contributed by atoms with Crippen LogP contribution in [0, 0.1) is 13.8 Å². The lowest BCUT2D eigenvalue weighted by atomic mass is 10.4. The number of sulfonamides is 1. The molecule has 74 valence electrons. The van der Waals surface area contributed by atoms with Crippen LogP contribution in [0.4, 0.5) is 0 Å². The van der Waals surface area contributed by atoms with Gasteiger partial charge < -0.3 is 4.57 Å². The standard InChI is InChI=1S/C7H13N3O2S/c1-5-4-7(6(2)10(5)3)13(11,12)9-8/h4,9H,8H2,1-3H3. The smallest absolute Gasteiger partial charge is 0.254 e. The minimum absolute atomic E-state index is 0.231. The summed E-state index contributed by atoms with van der Waals surface area (Å²) in [6.07, 6.45) is 0. The van der Waals surface area contributed by atoms with Crippen LogP contribution >= 0.6 is 0 Å². The number of nitrogens with one attached hydrogen (secondary N) is 1. The molecule has 0 aliphatic rings. The quantitative estimate of drug-likeness (QED) is 0.516. The average molecular weight is 203 g/mol. The van der Waals surface area contributed by atoms with Crippen molar-refractivity contribution >= 4 is 10.0 Å². The molecule has 0 saturated heterocycles. The van der Waals surface area contributed by atoms with Crippen molar-refractivity contribution < 1.29 is 8.42 Å². The van der Waals surface area contributed by atoms with Crippen LogP contribution in [0.3, 0.4) is 0 Å². The number of hydrogen-bond acceptors (Lipinski definition) is 3. The van der Waals surface area contributed by atoms with Crippen LogP contribution < -0.4 is 10.7 Å². The van der Waals surface area contributed by atoms with Gasteiger partial charge in [0.05, 0.1) is 0 Å². The van der Waals surface area contributed by atoms with Crippen LogP contribution in [0.5, 0.6) is 0 Å². The molecule has 13 heavy (non-hydrogen) atoms. The molecular weight excluding hydrogens is 190 g/mol. The summed E-state index contributed by atoms with van der Waals surface area (Å²) in [5, 5.41) is 0. The van der Waals surface area contributed by atoms with Gasteiger partial charge in [0, 0.05) is 18.4 Å². The molecule has 0 aliphatic heterocycles. The Bertz CT molecular complexity index is 419. The van der Waals surface area contributed by atoms with Crippen molar-refractivity contribution in [1.29, 1.82) is 0 Å². The third kappa shape index (κ3) is 1.60. The van der Waals surface area contributed by atoms with Gasteiger partial charge in [0.2, 0.25) is 0 Å². The number of aryl methyl sites for hydroxylation is 1. The SMILES string of the molecule is Cc1cc(S(=O)(=O)NN)c(C)n1C. The van der Waals surface area contributed by atoms with E-state index in [0.717, 1.165) is 5.69 Å². The van der Waals surface area contributed by atoms with Crippen LogP contribution in [0.15, 0.2) is 11.0 Å². The lowest BCUT2D eigenvalue weighted by Crippen LogP contribution is -2.30. The molecule has 1 aromatic heterocycles. The first kappa shape index (κ1) is 10.2. The highest BCUT2D eigenvalue weighted by molar-refractivity contribution is 7.89. The maximum absolute atomic E-state index is 11.3. The molecule has 1 rings (SSSR count). The summed E-state index contributed by atoms with van der Waals surface area (Å²) in [4.78, 5) is 2.03. The van der Waals surface area contributed by atoms with E-state index in [2.05, 4.69) is 0 Å². The molecule has 0 fully saturated rings. The molecule has 0 aromatic carbocycles. The number of nitrogens with zero attached hydrogens (tertiary/aromatic N) is 1. The van der Waals surface area contributed by atoms with Crippen LogP contribution in [-0.4, -0.2) is 13.0 Å². The van der Waals surface area contributed by atoms with Gasteiger partial charge in [-0.2, -0.15) is 0 Å². The molecule has 0 radical (unpaired) electrons. The molecule has 3 N–H and O–H groups in total. The molecule has 1 aromatic rings. The first-order chi connectivity index (χ1) is 5.90. The highest BCUT2D eigenvalue weighted by Gasteiger charge is 2.18. The summed E-state index contributed by atoms with van der Waals surface area (Å²) in [6, 6.07) is 1.59. The summed E-state index contributed by atoms with van der Waals surface area (Å²) in [7, 11) is -1.72. The summed E-state index contributed by atoms with van der Waals surface area (Å²) < 4.78 is 24.5. The van der Waals surface area contributed by atoms with E-state index in [9.17, 15) is 8.42 Å². The van der Waals surface area contributed by atoms with E-state index in [1.165, 1.54) is 0 Å². The Balaban J connectivity index is 3.41. The van der Waals surface area contributed by atoms with E-state index in [1.54, 1.807) is 29.4 Å². The molecule has 0 bridgehead atoms. The van der Waals surface area contributed by atoms with E-state index in [-0.39, 0.29) is 4.90 Å². The molecule has 0 atom stereocenters. The van der Waals surface area contributed by atoms with Crippen molar-refractivity contribution in [2.45, 2.75) is 18.7 Å². The van der Waals surface area contributed by atoms with Crippen molar-refractivity contribution in [2.24, 2.45) is 12.9 Å². The fourth-order valence-electron chi connectivity index (χ4n) is 1.16. The molecule has 0 saturated carbocycles. The molecule has 0 amide bonds. The van der Waals surface area contributed by atoms with Gasteiger partial charge >= 0.3 is 0 Å². The monoisotopic (exact) mass is 203 g/mol. The van der Waals surface area contributed by atoms with Crippen LogP contribution in [0.2, 0.25) is 0 Å². The number of aromatic nitrogens is 1. The fraction of sp³-hybridized carbons (Fsp3) is 0.429. The van der Waals surface area contributed by atoms with Crippen molar-refractivity contribution in [3.05, 3.63) is 17.5 Å². The summed E-state index contributed by atoms with van der Waals surface area (Å²) in [5.41, 5.74) is 1.56. The minimum Gasteiger partial charge on any atom is -0.351 e. The van der Waals surface area contributed by atoms with Gasteiger partial charge in [-0.05, 0) is 19.9 Å². The first-order valence-electron chi connectivity index (χ1n) is 3.75. The fourth-order valence-corrected chi connectivity index (χ4v) is 2.13. The highest BCUT2D eigenvalue weighted by atomic mass is 32.2. The summed E-state index contributed by atoms with van der Waals surface area (Å²) in [6.45, 7) is 3.57. The predicted molar refractivity (Wildman–Crippen MR) is 49.4 cm³/mol. The molecule has 0 spiro atoms. The Kier molecular flexibility index (Phi) is 2.47. The van der Waals surface area contributed by atoms with Gasteiger partial charge in [-0.25, -0.2) is 8.42 Å². The Morgan fingerprint density at radius 1 is 1.46 bits per heavy atom. The van der Waals surface area contributed by atoms with E-state index in [1.807, 2.05) is 6.92 Å². The highest BCUT2D eigenvalue weighted by Crippen LogP contribution is 2.17. The van der Waals surface area contributed by atoms with Crippen LogP contribution in [-0.2, 0) is 17.1 Å². The second-order valence-corrected chi connectivity index (χ2v) is 4.60. The molecule has 1 heterocycles. The summed E-state index contributed by atoms with van der Waals surface area (Å²) in [5.74, 6) is 4.92. The van der Waals surface area contributed by atoms with Gasteiger partial charge in [-0.15, -0.1) is 4.83 Å². The van der Waals surface area contributed by atoms with Crippen LogP contribution in [0.1, 0.15) is 11.4 Å². The Morgan fingerprint density at radius 3 is 2.31 bits per heavy atom. The Morgan fingerprint density at radius 2 is 2.00 bits per heavy atom. The van der Waals surface area contributed by atoms with Gasteiger partial charge in [-0.1, -0.05) is 0 Å². The third-order valence-corrected chi connectivity index (χ3v) is 3.48. The van der Waals surface area contributed by atoms with Gasteiger partial charge in [0.1, 0.15) is 4.90 Å². The van der Waals surface area contributed by atoms with Gasteiger partial charge in [0.15, 0.2) is 0 Å². The number of hydrazine groups is 1. The average Bonchev–Trinajstić information content (AvgIpc) is 2.33. The van der Waals surface area contributed by atoms with Crippen molar-refractivity contribution in [3.63, 3.8) is 0 Å². The number of hydrogen-bond donors (Lipinski definition) is 2. The van der Waals surface area contributed by atoms with Gasteiger partial charge in [-0.3, -0.25) is 5.84 Å². The van der Waals surface area contributed by atoms with Gasteiger partial charge in [0.25, 0.3) is 10.0 Å². The molecule has 6 heteroatoms. The normalized spacial score (nSPS) is 12.0. The number of rotatable bonds is 2. The lowest BCUT2D eigenvalue weighted by Gasteiger charge is -2.02. The second-order valence-electron chi connectivity index (χ2n) is 2.92. The van der Waals surface area contributed by atoms with Crippen LogP contribution in [0.25, 0.3) is 0 Å². The predicted octanol–water partition coefficient (Wildman–Crippen LogP) is -0.206. The van der Waals surface area contributed by atoms with Crippen molar-refractivity contribution in [3.8, 4) is 0 Å². The maximum Gasteiger partial charge on any atom is 0.254 e. The Labute approximate surface area is 77.6 Å². The molecule has 0 unspecified atom stereocenters. The van der Waals surface area contributed by atoms with E-state index in [4.69, 9.17) is 5.84 Å². The zero-order chi connectivity index (χ0) is 10.2. The number of nitrogens with two attached hydrogens (primary N) is 1. The molecule has 5 nitrogen and oxygen atoms in total. The van der Waals surface area contributed by atoms with E-state index < -0.39 is 10.0 Å². The van der Waals surface area contributed by atoms with Crippen molar-refractivity contribution in [2.75, 3.05) is 0 Å². The maximum atomic E-state index is 11.3. The molecular formula is C7H13N3O2S. The van der Waals surface area contributed by atoms with E-state index in [0.29, 0.717) is 5.69 Å². The zero-order valence-electron chi connectivity index (χ0n) is 7.83. The zero-order valence-corrected chi connectivity index (χ0v) is 8.64. The van der Waals surface area contributed by atoms with E-state index >= 15 is 0 Å². The largest absolute Gasteiger partial charge is 0.351 e. The lowest BCUT2D eigenvalue weighted by molar-refractivity contribution is 0.583. The third-order valence-electron chi connectivity index (χ3n) is 2.17. The summed E-state index contributed by atoms with van der Waals surface area (Å²) >= 11 is 0. The minimum atomic E-state index is -3.52. The second kappa shape index (κ2) is 3.13. The first-order valence-corrected chi connectivity index (χ1v) is 5.24. The van der Waals surface area contributed by atoms with Crippen molar-refractivity contribution in [1.82, 2.24) is 9.40 Å². The topological polar surface area (TPSA) is 77.1 Å². The molecule has 0 aliphatic carbocycles.